The largest absolute Gasteiger partial charge is 0.491 e. The van der Waals surface area contributed by atoms with Crippen molar-refractivity contribution >= 4 is 46.6 Å². The number of esters is 1. The molecule has 5 rings (SSSR count). The van der Waals surface area contributed by atoms with Crippen LogP contribution < -0.4 is 19.6 Å². The quantitative estimate of drug-likeness (QED) is 0.226. The third-order valence-corrected chi connectivity index (χ3v) is 8.73. The number of rotatable bonds is 7. The van der Waals surface area contributed by atoms with Crippen molar-refractivity contribution in [2.45, 2.75) is 53.7 Å². The molecule has 0 amide bonds. The van der Waals surface area contributed by atoms with Gasteiger partial charge < -0.3 is 14.0 Å². The second kappa shape index (κ2) is 12.0. The first-order valence-electron chi connectivity index (χ1n) is 13.6. The van der Waals surface area contributed by atoms with Gasteiger partial charge in [0.2, 0.25) is 0 Å². The van der Waals surface area contributed by atoms with E-state index in [2.05, 4.69) is 4.57 Å². The molecule has 10 heteroatoms. The van der Waals surface area contributed by atoms with Crippen LogP contribution in [0.1, 0.15) is 56.3 Å². The summed E-state index contributed by atoms with van der Waals surface area (Å²) in [6, 6.07) is 14.2. The molecule has 1 aliphatic heterocycles. The van der Waals surface area contributed by atoms with Gasteiger partial charge in [-0.1, -0.05) is 52.7 Å². The van der Waals surface area contributed by atoms with Crippen molar-refractivity contribution in [1.82, 2.24) is 9.13 Å². The molecule has 1 atom stereocenters. The van der Waals surface area contributed by atoms with Crippen LogP contribution in [0.3, 0.4) is 0 Å². The van der Waals surface area contributed by atoms with E-state index >= 15 is 0 Å². The van der Waals surface area contributed by atoms with Gasteiger partial charge in [-0.05, 0) is 83.5 Å². The van der Waals surface area contributed by atoms with Gasteiger partial charge >= 0.3 is 5.97 Å². The number of hydrogen-bond donors (Lipinski definition) is 0. The van der Waals surface area contributed by atoms with Crippen LogP contribution >= 0.6 is 34.5 Å². The van der Waals surface area contributed by atoms with Crippen molar-refractivity contribution in [2.24, 2.45) is 4.99 Å². The molecule has 42 heavy (non-hydrogen) atoms. The van der Waals surface area contributed by atoms with E-state index in [1.165, 1.54) is 11.3 Å². The zero-order valence-electron chi connectivity index (χ0n) is 24.2. The van der Waals surface area contributed by atoms with Crippen molar-refractivity contribution < 1.29 is 14.3 Å². The lowest BCUT2D eigenvalue weighted by Gasteiger charge is -2.26. The highest BCUT2D eigenvalue weighted by Gasteiger charge is 2.35. The molecule has 0 aliphatic carbocycles. The number of carbonyl (C=O) groups excluding carboxylic acids is 1. The number of allylic oxidation sites excluding steroid dienone is 1. The van der Waals surface area contributed by atoms with Crippen LogP contribution in [0.15, 0.2) is 69.6 Å². The Balaban J connectivity index is 1.71. The zero-order valence-corrected chi connectivity index (χ0v) is 26.5. The summed E-state index contributed by atoms with van der Waals surface area (Å²) in [5, 5.41) is 0.947. The van der Waals surface area contributed by atoms with Gasteiger partial charge in [-0.2, -0.15) is 0 Å². The average molecular weight is 625 g/mol. The van der Waals surface area contributed by atoms with E-state index < -0.39 is 12.0 Å². The number of hydrogen-bond acceptors (Lipinski definition) is 6. The van der Waals surface area contributed by atoms with Crippen LogP contribution in [0.5, 0.6) is 5.75 Å². The number of aromatic nitrogens is 2. The van der Waals surface area contributed by atoms with Crippen LogP contribution in [-0.2, 0) is 9.53 Å². The molecule has 1 aliphatic rings. The Hall–Kier alpha value is -3.59. The number of halogens is 2. The standard InChI is InChI=1S/C32H31Cl2N3O4S/c1-7-40-31(39)28-19(5)35-32-37(29(28)23-10-8-9-11-26(23)41-17(2)3)30(38)27(42-32)15-21-14-18(4)36(20(21)6)22-12-13-24(33)25(34)16-22/h8-17,29H,7H2,1-6H3/b27-15-/t29-/m1/s1. The molecule has 0 saturated carbocycles. The van der Waals surface area contributed by atoms with Crippen LogP contribution in [0.2, 0.25) is 10.0 Å². The average Bonchev–Trinajstić information content (AvgIpc) is 3.39. The first-order chi connectivity index (χ1) is 20.0. The van der Waals surface area contributed by atoms with E-state index in [1.54, 1.807) is 24.5 Å². The van der Waals surface area contributed by atoms with Crippen molar-refractivity contribution in [3.05, 3.63) is 112 Å². The van der Waals surface area contributed by atoms with E-state index in [0.29, 0.717) is 42.0 Å². The van der Waals surface area contributed by atoms with E-state index in [4.69, 9.17) is 37.7 Å². The molecule has 4 aromatic rings. The molecule has 0 spiro atoms. The predicted octanol–water partition coefficient (Wildman–Crippen LogP) is 6.30. The molecule has 218 valence electrons. The van der Waals surface area contributed by atoms with Gasteiger partial charge in [-0.15, -0.1) is 0 Å². The Morgan fingerprint density at radius 1 is 1.10 bits per heavy atom. The Kier molecular flexibility index (Phi) is 8.51. The second-order valence-corrected chi connectivity index (χ2v) is 12.1. The fraction of sp³-hybridized carbons (Fsp3) is 0.281. The highest BCUT2D eigenvalue weighted by atomic mass is 35.5. The molecule has 0 N–H and O–H groups in total. The maximum atomic E-state index is 14.2. The number of fused-ring (bicyclic) bond motifs is 1. The minimum absolute atomic E-state index is 0.108. The van der Waals surface area contributed by atoms with Gasteiger partial charge in [0, 0.05) is 22.6 Å². The Morgan fingerprint density at radius 2 is 1.83 bits per heavy atom. The van der Waals surface area contributed by atoms with Crippen molar-refractivity contribution in [3.8, 4) is 11.4 Å². The fourth-order valence-corrected chi connectivity index (χ4v) is 6.58. The summed E-state index contributed by atoms with van der Waals surface area (Å²) >= 11 is 13.7. The molecular formula is C32H31Cl2N3O4S. The third-order valence-electron chi connectivity index (χ3n) is 7.01. The SMILES string of the molecule is CCOC(=O)C1=C(C)N=c2s/c(=C\c3cc(C)n(-c4ccc(Cl)c(Cl)c4)c3C)c(=O)n2[C@@H]1c1ccccc1OC(C)C. The van der Waals surface area contributed by atoms with Crippen molar-refractivity contribution in [1.29, 1.82) is 0 Å². The summed E-state index contributed by atoms with van der Waals surface area (Å²) in [4.78, 5) is 32.6. The minimum atomic E-state index is -0.763. The molecule has 0 fully saturated rings. The van der Waals surface area contributed by atoms with E-state index in [1.807, 2.05) is 76.2 Å². The molecular weight excluding hydrogens is 593 g/mol. The van der Waals surface area contributed by atoms with Gasteiger partial charge in [-0.3, -0.25) is 9.36 Å². The topological polar surface area (TPSA) is 74.8 Å². The van der Waals surface area contributed by atoms with Crippen molar-refractivity contribution in [2.75, 3.05) is 6.61 Å². The lowest BCUT2D eigenvalue weighted by Crippen LogP contribution is -2.40. The normalized spacial score (nSPS) is 15.2. The molecule has 7 nitrogen and oxygen atoms in total. The number of carbonyl (C=O) groups is 1. The Labute approximate surface area is 258 Å². The summed E-state index contributed by atoms with van der Waals surface area (Å²) < 4.78 is 15.7. The van der Waals surface area contributed by atoms with Gasteiger partial charge in [0.15, 0.2) is 4.80 Å². The fourth-order valence-electron chi connectivity index (χ4n) is 5.25. The Bertz CT molecular complexity index is 1920. The maximum Gasteiger partial charge on any atom is 0.338 e. The number of thiazole rings is 1. The monoisotopic (exact) mass is 623 g/mol. The van der Waals surface area contributed by atoms with E-state index in [9.17, 15) is 9.59 Å². The lowest BCUT2D eigenvalue weighted by atomic mass is 9.95. The highest BCUT2D eigenvalue weighted by Crippen LogP contribution is 2.36. The second-order valence-electron chi connectivity index (χ2n) is 10.3. The van der Waals surface area contributed by atoms with Crippen LogP contribution in [0, 0.1) is 13.8 Å². The summed E-state index contributed by atoms with van der Waals surface area (Å²) in [5.41, 5.74) is 4.92. The molecule has 0 radical (unpaired) electrons. The third kappa shape index (κ3) is 5.46. The first kappa shape index (κ1) is 29.9. The molecule has 0 bridgehead atoms. The smallest absolute Gasteiger partial charge is 0.338 e. The molecule has 2 aromatic carbocycles. The van der Waals surface area contributed by atoms with Gasteiger partial charge in [0.25, 0.3) is 5.56 Å². The molecule has 3 heterocycles. The Morgan fingerprint density at radius 3 is 2.52 bits per heavy atom. The van der Waals surface area contributed by atoms with E-state index in [0.717, 1.165) is 22.6 Å². The number of benzene rings is 2. The van der Waals surface area contributed by atoms with Gasteiger partial charge in [0.1, 0.15) is 11.8 Å². The highest BCUT2D eigenvalue weighted by molar-refractivity contribution is 7.07. The van der Waals surface area contributed by atoms with Crippen LogP contribution in [0.4, 0.5) is 0 Å². The van der Waals surface area contributed by atoms with E-state index in [-0.39, 0.29) is 18.3 Å². The lowest BCUT2D eigenvalue weighted by molar-refractivity contribution is -0.139. The predicted molar refractivity (Wildman–Crippen MR) is 168 cm³/mol. The molecule has 0 saturated heterocycles. The number of aryl methyl sites for hydroxylation is 1. The zero-order chi connectivity index (χ0) is 30.3. The van der Waals surface area contributed by atoms with Gasteiger partial charge in [0.05, 0.1) is 38.6 Å². The summed E-state index contributed by atoms with van der Waals surface area (Å²) in [7, 11) is 0. The summed E-state index contributed by atoms with van der Waals surface area (Å²) in [6.07, 6.45) is 1.76. The number of para-hydroxylation sites is 1. The minimum Gasteiger partial charge on any atom is -0.491 e. The van der Waals surface area contributed by atoms with Crippen LogP contribution in [-0.4, -0.2) is 27.8 Å². The maximum absolute atomic E-state index is 14.2. The number of nitrogens with zero attached hydrogens (tertiary/aromatic N) is 3. The summed E-state index contributed by atoms with van der Waals surface area (Å²) in [6.45, 7) is 11.6. The summed E-state index contributed by atoms with van der Waals surface area (Å²) in [5.74, 6) is 0.0799. The molecule has 0 unspecified atom stereocenters. The van der Waals surface area contributed by atoms with Crippen molar-refractivity contribution in [3.63, 3.8) is 0 Å². The first-order valence-corrected chi connectivity index (χ1v) is 15.2. The van der Waals surface area contributed by atoms with Gasteiger partial charge in [-0.25, -0.2) is 9.79 Å². The number of ether oxygens (including phenoxy) is 2. The molecule has 2 aromatic heterocycles. The van der Waals surface area contributed by atoms with Crippen LogP contribution in [0.25, 0.3) is 11.8 Å².